The van der Waals surface area contributed by atoms with Gasteiger partial charge < -0.3 is 15.4 Å². The quantitative estimate of drug-likeness (QED) is 0.554. The van der Waals surface area contributed by atoms with E-state index in [0.717, 1.165) is 24.2 Å². The van der Waals surface area contributed by atoms with E-state index in [1.807, 2.05) is 42.5 Å². The van der Waals surface area contributed by atoms with Crippen LogP contribution < -0.4 is 15.4 Å². The van der Waals surface area contributed by atoms with Gasteiger partial charge in [0.15, 0.2) is 0 Å². The molecular weight excluding hydrogens is 350 g/mol. The molecule has 144 valence electrons. The number of pyridine rings is 1. The molecule has 1 aromatic heterocycles. The summed E-state index contributed by atoms with van der Waals surface area (Å²) < 4.78 is 5.36. The Kier molecular flexibility index (Phi) is 7.01. The van der Waals surface area contributed by atoms with Crippen molar-refractivity contribution in [2.45, 2.75) is 19.4 Å². The fraction of sp³-hybridized carbons (Fsp3) is 0.217. The average molecular weight is 375 g/mol. The highest BCUT2D eigenvalue weighted by Gasteiger charge is 2.07. The van der Waals surface area contributed by atoms with Crippen molar-refractivity contribution in [1.82, 2.24) is 10.3 Å². The van der Waals surface area contributed by atoms with Crippen LogP contribution in [0.2, 0.25) is 0 Å². The number of aromatic nitrogens is 1. The van der Waals surface area contributed by atoms with Crippen LogP contribution in [-0.4, -0.2) is 24.5 Å². The zero-order chi connectivity index (χ0) is 19.6. The van der Waals surface area contributed by atoms with Crippen LogP contribution in [0.4, 0.5) is 5.82 Å². The maximum atomic E-state index is 12.4. The van der Waals surface area contributed by atoms with Gasteiger partial charge in [-0.15, -0.1) is 0 Å². The van der Waals surface area contributed by atoms with Gasteiger partial charge >= 0.3 is 0 Å². The van der Waals surface area contributed by atoms with Crippen molar-refractivity contribution >= 4 is 11.7 Å². The number of anilines is 1. The summed E-state index contributed by atoms with van der Waals surface area (Å²) >= 11 is 0. The Morgan fingerprint density at radius 3 is 2.64 bits per heavy atom. The van der Waals surface area contributed by atoms with Crippen molar-refractivity contribution in [2.75, 3.05) is 19.0 Å². The van der Waals surface area contributed by atoms with Crippen LogP contribution in [0.1, 0.15) is 27.9 Å². The van der Waals surface area contributed by atoms with Gasteiger partial charge in [0.2, 0.25) is 0 Å². The Balaban J connectivity index is 1.50. The lowest BCUT2D eigenvalue weighted by atomic mass is 10.1. The van der Waals surface area contributed by atoms with Crippen molar-refractivity contribution in [3.63, 3.8) is 0 Å². The third kappa shape index (κ3) is 5.58. The van der Waals surface area contributed by atoms with E-state index in [1.165, 1.54) is 5.56 Å². The second-order valence-electron chi connectivity index (χ2n) is 6.44. The number of hydrogen-bond acceptors (Lipinski definition) is 4. The first kappa shape index (κ1) is 19.4. The van der Waals surface area contributed by atoms with Crippen LogP contribution in [0.5, 0.6) is 5.75 Å². The summed E-state index contributed by atoms with van der Waals surface area (Å²) in [5.41, 5.74) is 2.91. The molecule has 2 aromatic carbocycles. The smallest absolute Gasteiger partial charge is 0.251 e. The summed E-state index contributed by atoms with van der Waals surface area (Å²) in [6, 6.07) is 21.6. The van der Waals surface area contributed by atoms with Gasteiger partial charge in [0.25, 0.3) is 5.91 Å². The minimum absolute atomic E-state index is 0.0872. The normalized spacial score (nSPS) is 10.3. The Morgan fingerprint density at radius 1 is 1.04 bits per heavy atom. The fourth-order valence-electron chi connectivity index (χ4n) is 2.94. The molecule has 0 atom stereocenters. The first-order valence-corrected chi connectivity index (χ1v) is 9.40. The molecule has 2 N–H and O–H groups in total. The van der Waals surface area contributed by atoms with Crippen LogP contribution in [0.3, 0.4) is 0 Å². The van der Waals surface area contributed by atoms with Crippen molar-refractivity contribution < 1.29 is 9.53 Å². The Bertz CT molecular complexity index is 897. The molecule has 28 heavy (non-hydrogen) atoms. The summed E-state index contributed by atoms with van der Waals surface area (Å²) in [4.78, 5) is 16.7. The number of aryl methyl sites for hydroxylation is 1. The zero-order valence-electron chi connectivity index (χ0n) is 16.0. The molecule has 1 amide bonds. The van der Waals surface area contributed by atoms with Gasteiger partial charge in [-0.25, -0.2) is 4.98 Å². The highest BCUT2D eigenvalue weighted by atomic mass is 16.5. The number of carbonyl (C=O) groups excluding carboxylic acids is 1. The number of ether oxygens (including phenoxy) is 1. The summed E-state index contributed by atoms with van der Waals surface area (Å²) in [6.45, 7) is 1.21. The SMILES string of the molecule is COc1ccccc1CNc1cc(C(=O)NCCCc2ccccc2)ccn1. The number of nitrogens with zero attached hydrogens (tertiary/aromatic N) is 1. The summed E-state index contributed by atoms with van der Waals surface area (Å²) in [7, 11) is 1.65. The molecule has 0 saturated heterocycles. The summed E-state index contributed by atoms with van der Waals surface area (Å²) in [5.74, 6) is 1.39. The minimum Gasteiger partial charge on any atom is -0.496 e. The lowest BCUT2D eigenvalue weighted by Crippen LogP contribution is -2.25. The lowest BCUT2D eigenvalue weighted by molar-refractivity contribution is 0.0953. The number of amides is 1. The van der Waals surface area contributed by atoms with Crippen LogP contribution in [0, 0.1) is 0 Å². The van der Waals surface area contributed by atoms with Crippen LogP contribution in [0.25, 0.3) is 0 Å². The van der Waals surface area contributed by atoms with E-state index in [-0.39, 0.29) is 5.91 Å². The van der Waals surface area contributed by atoms with Gasteiger partial charge in [-0.05, 0) is 36.6 Å². The van der Waals surface area contributed by atoms with E-state index in [4.69, 9.17) is 4.74 Å². The fourth-order valence-corrected chi connectivity index (χ4v) is 2.94. The van der Waals surface area contributed by atoms with Gasteiger partial charge in [-0.1, -0.05) is 48.5 Å². The largest absolute Gasteiger partial charge is 0.496 e. The zero-order valence-corrected chi connectivity index (χ0v) is 16.0. The second kappa shape index (κ2) is 10.1. The topological polar surface area (TPSA) is 63.2 Å². The highest BCUT2D eigenvalue weighted by Crippen LogP contribution is 2.18. The van der Waals surface area contributed by atoms with Crippen molar-refractivity contribution in [2.24, 2.45) is 0 Å². The van der Waals surface area contributed by atoms with Crippen LogP contribution in [0.15, 0.2) is 72.9 Å². The molecule has 0 unspecified atom stereocenters. The third-order valence-electron chi connectivity index (χ3n) is 4.45. The van der Waals surface area contributed by atoms with Crippen LogP contribution in [-0.2, 0) is 13.0 Å². The van der Waals surface area contributed by atoms with Crippen molar-refractivity contribution in [3.8, 4) is 5.75 Å². The number of methoxy groups -OCH3 is 1. The van der Waals surface area contributed by atoms with E-state index < -0.39 is 0 Å². The number of hydrogen-bond donors (Lipinski definition) is 2. The van der Waals surface area contributed by atoms with Gasteiger partial charge in [-0.2, -0.15) is 0 Å². The molecule has 0 aliphatic carbocycles. The second-order valence-corrected chi connectivity index (χ2v) is 6.44. The van der Waals surface area contributed by atoms with Crippen LogP contribution >= 0.6 is 0 Å². The first-order valence-electron chi connectivity index (χ1n) is 9.40. The highest BCUT2D eigenvalue weighted by molar-refractivity contribution is 5.94. The van der Waals surface area contributed by atoms with Gasteiger partial charge in [0.1, 0.15) is 11.6 Å². The monoisotopic (exact) mass is 375 g/mol. The summed E-state index contributed by atoms with van der Waals surface area (Å²) in [6.07, 6.45) is 3.49. The number of para-hydroxylation sites is 1. The standard InChI is InChI=1S/C23H25N3O2/c1-28-21-12-6-5-11-20(21)17-26-22-16-19(13-15-24-22)23(27)25-14-7-10-18-8-3-2-4-9-18/h2-6,8-9,11-13,15-16H,7,10,14,17H2,1H3,(H,24,26)(H,25,27). The lowest BCUT2D eigenvalue weighted by Gasteiger charge is -2.11. The van der Waals surface area contributed by atoms with Gasteiger partial charge in [0, 0.05) is 30.4 Å². The van der Waals surface area contributed by atoms with Crippen molar-refractivity contribution in [3.05, 3.63) is 89.6 Å². The Morgan fingerprint density at radius 2 is 1.82 bits per heavy atom. The molecule has 5 nitrogen and oxygen atoms in total. The van der Waals surface area contributed by atoms with Gasteiger partial charge in [-0.3, -0.25) is 4.79 Å². The molecule has 0 spiro atoms. The molecule has 3 aromatic rings. The first-order chi connectivity index (χ1) is 13.8. The predicted octanol–water partition coefficient (Wildman–Crippen LogP) is 4.06. The third-order valence-corrected chi connectivity index (χ3v) is 4.45. The van der Waals surface area contributed by atoms with E-state index in [0.29, 0.717) is 24.5 Å². The number of benzene rings is 2. The van der Waals surface area contributed by atoms with E-state index in [9.17, 15) is 4.79 Å². The molecule has 0 radical (unpaired) electrons. The minimum atomic E-state index is -0.0872. The van der Waals surface area contributed by atoms with E-state index in [1.54, 1.807) is 25.4 Å². The molecule has 1 heterocycles. The molecule has 0 bridgehead atoms. The average Bonchev–Trinajstić information content (AvgIpc) is 2.76. The molecule has 0 fully saturated rings. The Labute approximate surface area is 165 Å². The van der Waals surface area contributed by atoms with E-state index in [2.05, 4.69) is 27.8 Å². The van der Waals surface area contributed by atoms with Gasteiger partial charge in [0.05, 0.1) is 7.11 Å². The van der Waals surface area contributed by atoms with E-state index >= 15 is 0 Å². The maximum Gasteiger partial charge on any atom is 0.251 e. The molecule has 0 aliphatic heterocycles. The predicted molar refractivity (Wildman–Crippen MR) is 112 cm³/mol. The molecule has 0 saturated carbocycles. The number of rotatable bonds is 9. The number of nitrogens with one attached hydrogen (secondary N) is 2. The number of carbonyl (C=O) groups is 1. The Hall–Kier alpha value is -3.34. The molecule has 3 rings (SSSR count). The maximum absolute atomic E-state index is 12.4. The van der Waals surface area contributed by atoms with Crippen molar-refractivity contribution in [1.29, 1.82) is 0 Å². The molecule has 5 heteroatoms. The molecule has 0 aliphatic rings. The summed E-state index contributed by atoms with van der Waals surface area (Å²) in [5, 5.41) is 6.22. The molecular formula is C23H25N3O2.